The molecule has 0 aliphatic rings. The fourth-order valence-electron chi connectivity index (χ4n) is 2.60. The summed E-state index contributed by atoms with van der Waals surface area (Å²) in [5.41, 5.74) is 3.53. The lowest BCUT2D eigenvalue weighted by atomic mass is 10.0. The normalized spacial score (nSPS) is 12.1. The molecule has 0 saturated carbocycles. The van der Waals surface area contributed by atoms with E-state index in [2.05, 4.69) is 31.8 Å². The third-order valence-electron chi connectivity index (χ3n) is 4.17. The van der Waals surface area contributed by atoms with Gasteiger partial charge >= 0.3 is 0 Å². The molecule has 0 saturated heterocycles. The Bertz CT molecular complexity index is 918. The Labute approximate surface area is 190 Å². The van der Waals surface area contributed by atoms with Crippen molar-refractivity contribution in [1.82, 2.24) is 10.7 Å². The molecule has 8 heteroatoms. The molecule has 0 aliphatic heterocycles. The van der Waals surface area contributed by atoms with Crippen molar-refractivity contribution in [3.63, 3.8) is 0 Å². The topological polar surface area (TPSA) is 79.8 Å². The third kappa shape index (κ3) is 6.85. The molecule has 0 aliphatic carbocycles. The number of benzene rings is 2. The lowest BCUT2D eigenvalue weighted by Crippen LogP contribution is -2.48. The second-order valence-electron chi connectivity index (χ2n) is 6.94. The van der Waals surface area contributed by atoms with E-state index in [1.165, 1.54) is 6.21 Å². The Morgan fingerprint density at radius 1 is 1.23 bits per heavy atom. The zero-order valence-corrected chi connectivity index (χ0v) is 19.5. The summed E-state index contributed by atoms with van der Waals surface area (Å²) >= 11 is 9.50. The third-order valence-corrected chi connectivity index (χ3v) is 4.99. The number of carbonyl (C=O) groups excluding carboxylic acids is 2. The summed E-state index contributed by atoms with van der Waals surface area (Å²) in [6, 6.07) is 11.5. The van der Waals surface area contributed by atoms with Crippen molar-refractivity contribution in [2.75, 3.05) is 6.61 Å². The van der Waals surface area contributed by atoms with Crippen LogP contribution in [0.4, 0.5) is 0 Å². The van der Waals surface area contributed by atoms with Gasteiger partial charge in [0.1, 0.15) is 11.8 Å². The summed E-state index contributed by atoms with van der Waals surface area (Å²) in [4.78, 5) is 25.2. The zero-order valence-electron chi connectivity index (χ0n) is 17.1. The van der Waals surface area contributed by atoms with Gasteiger partial charge in [0.15, 0.2) is 0 Å². The van der Waals surface area contributed by atoms with Gasteiger partial charge in [-0.05, 0) is 42.7 Å². The molecule has 0 fully saturated rings. The quantitative estimate of drug-likeness (QED) is 0.388. The first-order chi connectivity index (χ1) is 14.3. The highest BCUT2D eigenvalue weighted by Crippen LogP contribution is 2.22. The highest BCUT2D eigenvalue weighted by molar-refractivity contribution is 9.10. The molecule has 0 heterocycles. The van der Waals surface area contributed by atoms with E-state index in [9.17, 15) is 9.59 Å². The number of nitrogens with zero attached hydrogens (tertiary/aromatic N) is 1. The first-order valence-electron chi connectivity index (χ1n) is 9.64. The molecule has 2 rings (SSSR count). The molecule has 160 valence electrons. The molecule has 2 N–H and O–H groups in total. The van der Waals surface area contributed by atoms with Crippen LogP contribution in [0.3, 0.4) is 0 Å². The molecule has 30 heavy (non-hydrogen) atoms. The van der Waals surface area contributed by atoms with E-state index in [1.54, 1.807) is 24.3 Å². The molecule has 0 spiro atoms. The van der Waals surface area contributed by atoms with Crippen molar-refractivity contribution >= 4 is 45.6 Å². The molecule has 0 radical (unpaired) electrons. The molecule has 2 aromatic carbocycles. The van der Waals surface area contributed by atoms with Crippen molar-refractivity contribution in [3.05, 3.63) is 63.1 Å². The lowest BCUT2D eigenvalue weighted by Gasteiger charge is -2.20. The van der Waals surface area contributed by atoms with E-state index in [1.807, 2.05) is 39.0 Å². The molecule has 0 bridgehead atoms. The Morgan fingerprint density at radius 2 is 1.97 bits per heavy atom. The van der Waals surface area contributed by atoms with Gasteiger partial charge in [0.05, 0.1) is 23.4 Å². The lowest BCUT2D eigenvalue weighted by molar-refractivity contribution is -0.123. The minimum absolute atomic E-state index is 0.152. The SMILES string of the molecule is CCCOc1ccc(Br)cc1/C=N/NC(=O)C(NC(=O)c1ccccc1Cl)C(C)C. The van der Waals surface area contributed by atoms with Gasteiger partial charge in [0, 0.05) is 10.0 Å². The number of carbonyl (C=O) groups is 2. The summed E-state index contributed by atoms with van der Waals surface area (Å²) in [5.74, 6) is -0.320. The van der Waals surface area contributed by atoms with E-state index in [0.29, 0.717) is 22.9 Å². The van der Waals surface area contributed by atoms with E-state index < -0.39 is 17.9 Å². The Morgan fingerprint density at radius 3 is 2.63 bits per heavy atom. The monoisotopic (exact) mass is 493 g/mol. The van der Waals surface area contributed by atoms with E-state index in [0.717, 1.165) is 16.5 Å². The summed E-state index contributed by atoms with van der Waals surface area (Å²) in [6.07, 6.45) is 2.39. The number of halogens is 2. The van der Waals surface area contributed by atoms with Crippen LogP contribution in [-0.4, -0.2) is 30.7 Å². The summed E-state index contributed by atoms with van der Waals surface area (Å²) < 4.78 is 6.57. The zero-order chi connectivity index (χ0) is 22.1. The van der Waals surface area contributed by atoms with Crippen molar-refractivity contribution in [3.8, 4) is 5.75 Å². The molecule has 6 nitrogen and oxygen atoms in total. The Kier molecular flexibility index (Phi) is 9.33. The fraction of sp³-hybridized carbons (Fsp3) is 0.318. The Balaban J connectivity index is 2.08. The number of hydrazone groups is 1. The first kappa shape index (κ1) is 23.9. The number of amides is 2. The van der Waals surface area contributed by atoms with Crippen LogP contribution >= 0.6 is 27.5 Å². The molecular weight excluding hydrogens is 470 g/mol. The smallest absolute Gasteiger partial charge is 0.262 e. The highest BCUT2D eigenvalue weighted by atomic mass is 79.9. The number of rotatable bonds is 9. The first-order valence-corrected chi connectivity index (χ1v) is 10.8. The van der Waals surface area contributed by atoms with Crippen LogP contribution in [0.5, 0.6) is 5.75 Å². The molecule has 1 unspecified atom stereocenters. The van der Waals surface area contributed by atoms with Crippen LogP contribution in [0.1, 0.15) is 43.1 Å². The predicted octanol–water partition coefficient (Wildman–Crippen LogP) is 4.80. The van der Waals surface area contributed by atoms with E-state index in [4.69, 9.17) is 16.3 Å². The van der Waals surface area contributed by atoms with Crippen LogP contribution in [0.15, 0.2) is 52.0 Å². The molecule has 1 atom stereocenters. The number of ether oxygens (including phenoxy) is 1. The predicted molar refractivity (Wildman–Crippen MR) is 123 cm³/mol. The highest BCUT2D eigenvalue weighted by Gasteiger charge is 2.25. The van der Waals surface area contributed by atoms with Crippen LogP contribution < -0.4 is 15.5 Å². The molecule has 0 aromatic heterocycles. The summed E-state index contributed by atoms with van der Waals surface area (Å²) in [7, 11) is 0. The molecule has 2 amide bonds. The second-order valence-corrected chi connectivity index (χ2v) is 8.26. The average molecular weight is 495 g/mol. The van der Waals surface area contributed by atoms with Gasteiger partial charge in [-0.2, -0.15) is 5.10 Å². The van der Waals surface area contributed by atoms with Crippen molar-refractivity contribution in [2.45, 2.75) is 33.2 Å². The van der Waals surface area contributed by atoms with Gasteiger partial charge in [-0.25, -0.2) is 5.43 Å². The largest absolute Gasteiger partial charge is 0.493 e. The Hall–Kier alpha value is -2.38. The van der Waals surface area contributed by atoms with Crippen LogP contribution in [0, 0.1) is 5.92 Å². The van der Waals surface area contributed by atoms with Crippen LogP contribution in [0.2, 0.25) is 5.02 Å². The van der Waals surface area contributed by atoms with Crippen molar-refractivity contribution in [2.24, 2.45) is 11.0 Å². The number of hydrogen-bond acceptors (Lipinski definition) is 4. The van der Waals surface area contributed by atoms with Gasteiger partial charge in [0.2, 0.25) is 0 Å². The molecular formula is C22H25BrClN3O3. The van der Waals surface area contributed by atoms with E-state index in [-0.39, 0.29) is 5.92 Å². The van der Waals surface area contributed by atoms with Gasteiger partial charge in [-0.15, -0.1) is 0 Å². The van der Waals surface area contributed by atoms with Gasteiger partial charge in [0.25, 0.3) is 11.8 Å². The van der Waals surface area contributed by atoms with Crippen molar-refractivity contribution in [1.29, 1.82) is 0 Å². The van der Waals surface area contributed by atoms with E-state index >= 15 is 0 Å². The van der Waals surface area contributed by atoms with Gasteiger partial charge in [-0.3, -0.25) is 9.59 Å². The fourth-order valence-corrected chi connectivity index (χ4v) is 3.20. The van der Waals surface area contributed by atoms with Gasteiger partial charge < -0.3 is 10.1 Å². The maximum atomic E-state index is 12.6. The molecule has 2 aromatic rings. The summed E-state index contributed by atoms with van der Waals surface area (Å²) in [6.45, 7) is 6.28. The number of nitrogens with one attached hydrogen (secondary N) is 2. The van der Waals surface area contributed by atoms with Crippen molar-refractivity contribution < 1.29 is 14.3 Å². The van der Waals surface area contributed by atoms with Gasteiger partial charge in [-0.1, -0.05) is 60.4 Å². The minimum atomic E-state index is -0.774. The maximum absolute atomic E-state index is 12.6. The minimum Gasteiger partial charge on any atom is -0.493 e. The van der Waals surface area contributed by atoms with Crippen LogP contribution in [-0.2, 0) is 4.79 Å². The maximum Gasteiger partial charge on any atom is 0.262 e. The van der Waals surface area contributed by atoms with Crippen LogP contribution in [0.25, 0.3) is 0 Å². The second kappa shape index (κ2) is 11.7. The number of hydrogen-bond donors (Lipinski definition) is 2. The standard InChI is InChI=1S/C22H25BrClN3O3/c1-4-11-30-19-10-9-16(23)12-15(19)13-25-27-22(29)20(14(2)3)26-21(28)17-7-5-6-8-18(17)24/h5-10,12-14,20H,4,11H2,1-3H3,(H,26,28)(H,27,29)/b25-13+. The average Bonchev–Trinajstić information content (AvgIpc) is 2.71. The summed E-state index contributed by atoms with van der Waals surface area (Å²) in [5, 5.41) is 7.10.